The Labute approximate surface area is 148 Å². The Balaban J connectivity index is 1.96. The van der Waals surface area contributed by atoms with E-state index in [0.29, 0.717) is 24.1 Å². The fourth-order valence-corrected chi connectivity index (χ4v) is 2.47. The van der Waals surface area contributed by atoms with E-state index in [0.717, 1.165) is 11.3 Å². The van der Waals surface area contributed by atoms with Crippen molar-refractivity contribution < 1.29 is 14.3 Å². The van der Waals surface area contributed by atoms with Gasteiger partial charge in [-0.25, -0.2) is 0 Å². The lowest BCUT2D eigenvalue weighted by Crippen LogP contribution is -2.30. The van der Waals surface area contributed by atoms with Crippen LogP contribution in [0.2, 0.25) is 0 Å². The van der Waals surface area contributed by atoms with Gasteiger partial charge in [0.05, 0.1) is 7.11 Å². The molecule has 0 saturated carbocycles. The van der Waals surface area contributed by atoms with E-state index in [1.165, 1.54) is 0 Å². The Hall–Kier alpha value is -2.82. The molecule has 2 amide bonds. The van der Waals surface area contributed by atoms with Crippen LogP contribution >= 0.6 is 0 Å². The van der Waals surface area contributed by atoms with Crippen LogP contribution in [-0.2, 0) is 6.42 Å². The van der Waals surface area contributed by atoms with Gasteiger partial charge >= 0.3 is 0 Å². The number of ether oxygens (including phenoxy) is 1. The molecule has 0 bridgehead atoms. The highest BCUT2D eigenvalue weighted by atomic mass is 16.5. The predicted molar refractivity (Wildman–Crippen MR) is 98.1 cm³/mol. The Bertz CT molecular complexity index is 741. The molecule has 0 spiro atoms. The first-order valence-electron chi connectivity index (χ1n) is 8.32. The summed E-state index contributed by atoms with van der Waals surface area (Å²) in [5, 5.41) is 5.70. The van der Waals surface area contributed by atoms with Crippen molar-refractivity contribution in [2.75, 3.05) is 13.7 Å². The molecule has 0 aromatic heterocycles. The standard InChI is InChI=1S/C20H24N2O3/c1-14(2)22-20(24)17-9-6-8-16(13-17)19(23)21-12-11-15-7-4-5-10-18(15)25-3/h4-10,13-14H,11-12H2,1-3H3,(H,21,23)(H,22,24). The van der Waals surface area contributed by atoms with Crippen LogP contribution in [0.25, 0.3) is 0 Å². The maximum atomic E-state index is 12.3. The average molecular weight is 340 g/mol. The fourth-order valence-electron chi connectivity index (χ4n) is 2.47. The van der Waals surface area contributed by atoms with Gasteiger partial charge in [-0.3, -0.25) is 9.59 Å². The molecule has 2 aromatic rings. The van der Waals surface area contributed by atoms with E-state index in [-0.39, 0.29) is 17.9 Å². The molecule has 25 heavy (non-hydrogen) atoms. The number of hydrogen-bond acceptors (Lipinski definition) is 3. The van der Waals surface area contributed by atoms with Gasteiger partial charge in [-0.1, -0.05) is 24.3 Å². The summed E-state index contributed by atoms with van der Waals surface area (Å²) >= 11 is 0. The molecule has 132 valence electrons. The van der Waals surface area contributed by atoms with E-state index < -0.39 is 0 Å². The van der Waals surface area contributed by atoms with E-state index in [9.17, 15) is 9.59 Å². The number of benzene rings is 2. The topological polar surface area (TPSA) is 67.4 Å². The quantitative estimate of drug-likeness (QED) is 0.814. The van der Waals surface area contributed by atoms with Gasteiger partial charge in [-0.05, 0) is 50.1 Å². The van der Waals surface area contributed by atoms with Crippen LogP contribution in [0.5, 0.6) is 5.75 Å². The first-order valence-corrected chi connectivity index (χ1v) is 8.32. The summed E-state index contributed by atoms with van der Waals surface area (Å²) in [4.78, 5) is 24.4. The number of nitrogens with one attached hydrogen (secondary N) is 2. The lowest BCUT2D eigenvalue weighted by Gasteiger charge is -2.11. The lowest BCUT2D eigenvalue weighted by atomic mass is 10.1. The van der Waals surface area contributed by atoms with Crippen LogP contribution in [-0.4, -0.2) is 31.5 Å². The van der Waals surface area contributed by atoms with Gasteiger partial charge in [0.25, 0.3) is 11.8 Å². The smallest absolute Gasteiger partial charge is 0.251 e. The molecule has 2 N–H and O–H groups in total. The zero-order valence-corrected chi connectivity index (χ0v) is 14.8. The SMILES string of the molecule is COc1ccccc1CCNC(=O)c1cccc(C(=O)NC(C)C)c1. The largest absolute Gasteiger partial charge is 0.496 e. The van der Waals surface area contributed by atoms with Crippen molar-refractivity contribution in [3.8, 4) is 5.75 Å². The summed E-state index contributed by atoms with van der Waals surface area (Å²) in [6, 6.07) is 14.5. The van der Waals surface area contributed by atoms with E-state index in [1.807, 2.05) is 38.1 Å². The molecule has 0 unspecified atom stereocenters. The van der Waals surface area contributed by atoms with Crippen LogP contribution < -0.4 is 15.4 Å². The van der Waals surface area contributed by atoms with Crippen LogP contribution in [0.4, 0.5) is 0 Å². The fraction of sp³-hybridized carbons (Fsp3) is 0.300. The third-order valence-corrected chi connectivity index (χ3v) is 3.68. The molecule has 0 saturated heterocycles. The Kier molecular flexibility index (Phi) is 6.57. The Morgan fingerprint density at radius 1 is 1.00 bits per heavy atom. The van der Waals surface area contributed by atoms with Gasteiger partial charge in [-0.15, -0.1) is 0 Å². The van der Waals surface area contributed by atoms with Crippen molar-refractivity contribution in [3.63, 3.8) is 0 Å². The molecule has 2 rings (SSSR count). The molecular formula is C20H24N2O3. The number of para-hydroxylation sites is 1. The van der Waals surface area contributed by atoms with Crippen LogP contribution in [0, 0.1) is 0 Å². The second-order valence-corrected chi connectivity index (χ2v) is 6.03. The average Bonchev–Trinajstić information content (AvgIpc) is 2.61. The van der Waals surface area contributed by atoms with Crippen molar-refractivity contribution in [1.29, 1.82) is 0 Å². The van der Waals surface area contributed by atoms with E-state index in [4.69, 9.17) is 4.74 Å². The molecule has 0 heterocycles. The zero-order chi connectivity index (χ0) is 18.2. The van der Waals surface area contributed by atoms with Gasteiger partial charge in [-0.2, -0.15) is 0 Å². The molecular weight excluding hydrogens is 316 g/mol. The zero-order valence-electron chi connectivity index (χ0n) is 14.8. The van der Waals surface area contributed by atoms with Gasteiger partial charge < -0.3 is 15.4 Å². The molecule has 0 aliphatic heterocycles. The first kappa shape index (κ1) is 18.5. The maximum Gasteiger partial charge on any atom is 0.251 e. The van der Waals surface area contributed by atoms with E-state index in [2.05, 4.69) is 10.6 Å². The Morgan fingerprint density at radius 3 is 2.36 bits per heavy atom. The molecule has 0 aliphatic carbocycles. The Morgan fingerprint density at radius 2 is 1.68 bits per heavy atom. The van der Waals surface area contributed by atoms with Crippen molar-refractivity contribution in [2.24, 2.45) is 0 Å². The lowest BCUT2D eigenvalue weighted by molar-refractivity contribution is 0.0943. The van der Waals surface area contributed by atoms with Gasteiger partial charge in [0, 0.05) is 23.7 Å². The summed E-state index contributed by atoms with van der Waals surface area (Å²) in [5.74, 6) is 0.428. The number of rotatable bonds is 7. The number of carbonyl (C=O) groups is 2. The van der Waals surface area contributed by atoms with Crippen molar-refractivity contribution >= 4 is 11.8 Å². The summed E-state index contributed by atoms with van der Waals surface area (Å²) in [5.41, 5.74) is 1.98. The minimum absolute atomic E-state index is 0.0471. The molecule has 2 aromatic carbocycles. The molecule has 5 heteroatoms. The van der Waals surface area contributed by atoms with Crippen molar-refractivity contribution in [1.82, 2.24) is 10.6 Å². The normalized spacial score (nSPS) is 10.4. The molecule has 0 fully saturated rings. The number of amides is 2. The van der Waals surface area contributed by atoms with Crippen molar-refractivity contribution in [3.05, 3.63) is 65.2 Å². The highest BCUT2D eigenvalue weighted by molar-refractivity contribution is 5.99. The minimum Gasteiger partial charge on any atom is -0.496 e. The van der Waals surface area contributed by atoms with Crippen LogP contribution in [0.3, 0.4) is 0 Å². The van der Waals surface area contributed by atoms with Crippen LogP contribution in [0.1, 0.15) is 40.1 Å². The van der Waals surface area contributed by atoms with Gasteiger partial charge in [0.1, 0.15) is 5.75 Å². The van der Waals surface area contributed by atoms with Crippen molar-refractivity contribution in [2.45, 2.75) is 26.3 Å². The van der Waals surface area contributed by atoms with Gasteiger partial charge in [0.15, 0.2) is 0 Å². The number of methoxy groups -OCH3 is 1. The van der Waals surface area contributed by atoms with Crippen LogP contribution in [0.15, 0.2) is 48.5 Å². The predicted octanol–water partition coefficient (Wildman–Crippen LogP) is 2.81. The maximum absolute atomic E-state index is 12.3. The van der Waals surface area contributed by atoms with E-state index in [1.54, 1.807) is 31.4 Å². The molecule has 0 radical (unpaired) electrons. The highest BCUT2D eigenvalue weighted by Crippen LogP contribution is 2.17. The second-order valence-electron chi connectivity index (χ2n) is 6.03. The molecule has 0 atom stereocenters. The first-order chi connectivity index (χ1) is 12.0. The van der Waals surface area contributed by atoms with Gasteiger partial charge in [0.2, 0.25) is 0 Å². The monoisotopic (exact) mass is 340 g/mol. The summed E-state index contributed by atoms with van der Waals surface area (Å²) in [6.07, 6.45) is 0.670. The number of carbonyl (C=O) groups excluding carboxylic acids is 2. The second kappa shape index (κ2) is 8.87. The highest BCUT2D eigenvalue weighted by Gasteiger charge is 2.11. The summed E-state index contributed by atoms with van der Waals surface area (Å²) < 4.78 is 5.30. The molecule has 5 nitrogen and oxygen atoms in total. The molecule has 0 aliphatic rings. The van der Waals surface area contributed by atoms with E-state index >= 15 is 0 Å². The third kappa shape index (κ3) is 5.35. The third-order valence-electron chi connectivity index (χ3n) is 3.68. The number of hydrogen-bond donors (Lipinski definition) is 2. The summed E-state index contributed by atoms with van der Waals surface area (Å²) in [6.45, 7) is 4.28. The summed E-state index contributed by atoms with van der Waals surface area (Å²) in [7, 11) is 1.63. The minimum atomic E-state index is -0.200.